The average molecular weight is 314 g/mol. The molecule has 0 aliphatic heterocycles. The first-order chi connectivity index (χ1) is 10.9. The molecule has 0 aromatic heterocycles. The monoisotopic (exact) mass is 314 g/mol. The van der Waals surface area contributed by atoms with E-state index in [-0.39, 0.29) is 23.6 Å². The standard InChI is InChI=1S/C19H23FN2O/c1-19(2,3)14-8-10-15(11-9-14)22-18(23)12-13-21-17-7-5-4-6-16(17)20/h4-11,21H,12-13H2,1-3H3,(H,22,23). The summed E-state index contributed by atoms with van der Waals surface area (Å²) in [5, 5.41) is 5.77. The van der Waals surface area contributed by atoms with Crippen molar-refractivity contribution in [1.82, 2.24) is 0 Å². The van der Waals surface area contributed by atoms with Crippen LogP contribution in [-0.2, 0) is 10.2 Å². The maximum Gasteiger partial charge on any atom is 0.226 e. The molecule has 122 valence electrons. The first-order valence-corrected chi connectivity index (χ1v) is 7.75. The lowest BCUT2D eigenvalue weighted by atomic mass is 9.87. The van der Waals surface area contributed by atoms with Crippen LogP contribution in [0.5, 0.6) is 0 Å². The highest BCUT2D eigenvalue weighted by atomic mass is 19.1. The minimum atomic E-state index is -0.314. The first-order valence-electron chi connectivity index (χ1n) is 7.75. The van der Waals surface area contributed by atoms with Crippen LogP contribution in [0.4, 0.5) is 15.8 Å². The van der Waals surface area contributed by atoms with Gasteiger partial charge < -0.3 is 10.6 Å². The van der Waals surface area contributed by atoms with Gasteiger partial charge >= 0.3 is 0 Å². The van der Waals surface area contributed by atoms with Crippen LogP contribution in [0.1, 0.15) is 32.8 Å². The van der Waals surface area contributed by atoms with Gasteiger partial charge in [-0.25, -0.2) is 4.39 Å². The lowest BCUT2D eigenvalue weighted by Crippen LogP contribution is -2.17. The summed E-state index contributed by atoms with van der Waals surface area (Å²) in [5.41, 5.74) is 2.49. The van der Waals surface area contributed by atoms with E-state index in [9.17, 15) is 9.18 Å². The number of amides is 1. The third-order valence-electron chi connectivity index (χ3n) is 3.58. The van der Waals surface area contributed by atoms with Crippen LogP contribution in [0.3, 0.4) is 0 Å². The van der Waals surface area contributed by atoms with Crippen molar-refractivity contribution in [1.29, 1.82) is 0 Å². The number of hydrogen-bond donors (Lipinski definition) is 2. The summed E-state index contributed by atoms with van der Waals surface area (Å²) >= 11 is 0. The molecular weight excluding hydrogens is 291 g/mol. The third-order valence-corrected chi connectivity index (χ3v) is 3.58. The third kappa shape index (κ3) is 5.09. The quantitative estimate of drug-likeness (QED) is 0.849. The Balaban J connectivity index is 1.82. The Kier molecular flexibility index (Phi) is 5.37. The largest absolute Gasteiger partial charge is 0.382 e. The molecule has 0 heterocycles. The summed E-state index contributed by atoms with van der Waals surface area (Å²) in [6.07, 6.45) is 0.273. The molecular formula is C19H23FN2O. The maximum absolute atomic E-state index is 13.4. The smallest absolute Gasteiger partial charge is 0.226 e. The van der Waals surface area contributed by atoms with Gasteiger partial charge in [-0.1, -0.05) is 45.0 Å². The molecule has 2 N–H and O–H groups in total. The second kappa shape index (κ2) is 7.27. The van der Waals surface area contributed by atoms with E-state index in [1.54, 1.807) is 18.2 Å². The van der Waals surface area contributed by atoms with E-state index in [0.717, 1.165) is 5.69 Å². The number of para-hydroxylation sites is 1. The van der Waals surface area contributed by atoms with Gasteiger partial charge in [-0.15, -0.1) is 0 Å². The first kappa shape index (κ1) is 17.0. The van der Waals surface area contributed by atoms with E-state index >= 15 is 0 Å². The Hall–Kier alpha value is -2.36. The fourth-order valence-electron chi connectivity index (χ4n) is 2.19. The maximum atomic E-state index is 13.4. The molecule has 0 unspecified atom stereocenters. The lowest BCUT2D eigenvalue weighted by Gasteiger charge is -2.19. The zero-order valence-electron chi connectivity index (χ0n) is 13.8. The van der Waals surface area contributed by atoms with Crippen LogP contribution in [0.15, 0.2) is 48.5 Å². The van der Waals surface area contributed by atoms with Gasteiger partial charge in [0.05, 0.1) is 5.69 Å². The highest BCUT2D eigenvalue weighted by Gasteiger charge is 2.13. The summed E-state index contributed by atoms with van der Waals surface area (Å²) in [6, 6.07) is 14.3. The Morgan fingerprint density at radius 3 is 2.30 bits per heavy atom. The fraction of sp³-hybridized carbons (Fsp3) is 0.316. The van der Waals surface area contributed by atoms with Crippen molar-refractivity contribution in [2.24, 2.45) is 0 Å². The van der Waals surface area contributed by atoms with Crippen LogP contribution in [0, 0.1) is 5.82 Å². The fourth-order valence-corrected chi connectivity index (χ4v) is 2.19. The van der Waals surface area contributed by atoms with Crippen LogP contribution in [0.25, 0.3) is 0 Å². The molecule has 4 heteroatoms. The van der Waals surface area contributed by atoms with Crippen molar-refractivity contribution in [2.75, 3.05) is 17.2 Å². The van der Waals surface area contributed by atoms with Crippen molar-refractivity contribution >= 4 is 17.3 Å². The normalized spacial score (nSPS) is 11.1. The molecule has 0 spiro atoms. The van der Waals surface area contributed by atoms with Gasteiger partial charge in [0.15, 0.2) is 0 Å². The van der Waals surface area contributed by atoms with Gasteiger partial charge in [0.1, 0.15) is 5.82 Å². The Bertz CT molecular complexity index is 660. The molecule has 0 saturated heterocycles. The molecule has 0 radical (unpaired) electrons. The van der Waals surface area contributed by atoms with Crippen molar-refractivity contribution in [3.63, 3.8) is 0 Å². The number of rotatable bonds is 5. The molecule has 3 nitrogen and oxygen atoms in total. The van der Waals surface area contributed by atoms with Crippen LogP contribution >= 0.6 is 0 Å². The molecule has 2 rings (SSSR count). The van der Waals surface area contributed by atoms with E-state index < -0.39 is 0 Å². The van der Waals surface area contributed by atoms with Gasteiger partial charge in [0.2, 0.25) is 5.91 Å². The summed E-state index contributed by atoms with van der Waals surface area (Å²) < 4.78 is 13.4. The molecule has 0 aliphatic rings. The highest BCUT2D eigenvalue weighted by molar-refractivity contribution is 5.91. The SMILES string of the molecule is CC(C)(C)c1ccc(NC(=O)CCNc2ccccc2F)cc1. The summed E-state index contributed by atoms with van der Waals surface area (Å²) in [4.78, 5) is 11.9. The molecule has 0 atom stereocenters. The highest BCUT2D eigenvalue weighted by Crippen LogP contribution is 2.23. The summed E-state index contributed by atoms with van der Waals surface area (Å²) in [5.74, 6) is -0.414. The predicted octanol–water partition coefficient (Wildman–Crippen LogP) is 4.56. The number of benzene rings is 2. The number of anilines is 2. The van der Waals surface area contributed by atoms with Gasteiger partial charge in [-0.05, 0) is 35.2 Å². The molecule has 0 saturated carbocycles. The topological polar surface area (TPSA) is 41.1 Å². The Labute approximate surface area is 136 Å². The molecule has 0 fully saturated rings. The molecule has 1 amide bonds. The second-order valence-electron chi connectivity index (χ2n) is 6.53. The van der Waals surface area contributed by atoms with E-state index in [1.807, 2.05) is 24.3 Å². The molecule has 2 aromatic carbocycles. The second-order valence-corrected chi connectivity index (χ2v) is 6.53. The molecule has 2 aromatic rings. The minimum absolute atomic E-state index is 0.0895. The molecule has 0 bridgehead atoms. The van der Waals surface area contributed by atoms with Crippen LogP contribution in [0.2, 0.25) is 0 Å². The lowest BCUT2D eigenvalue weighted by molar-refractivity contribution is -0.115. The Morgan fingerprint density at radius 2 is 1.70 bits per heavy atom. The van der Waals surface area contributed by atoms with Gasteiger partial charge in [0, 0.05) is 18.7 Å². The van der Waals surface area contributed by atoms with Crippen molar-refractivity contribution in [3.8, 4) is 0 Å². The van der Waals surface area contributed by atoms with Gasteiger partial charge in [-0.2, -0.15) is 0 Å². The summed E-state index contributed by atoms with van der Waals surface area (Å²) in [7, 11) is 0. The summed E-state index contributed by atoms with van der Waals surface area (Å²) in [6.45, 7) is 6.83. The van der Waals surface area contributed by atoms with Crippen molar-refractivity contribution in [3.05, 3.63) is 59.9 Å². The number of halogens is 1. The number of carbonyl (C=O) groups is 1. The minimum Gasteiger partial charge on any atom is -0.382 e. The number of carbonyl (C=O) groups excluding carboxylic acids is 1. The van der Waals surface area contributed by atoms with E-state index in [0.29, 0.717) is 12.2 Å². The zero-order chi connectivity index (χ0) is 16.9. The van der Waals surface area contributed by atoms with Crippen LogP contribution in [-0.4, -0.2) is 12.5 Å². The predicted molar refractivity (Wildman–Crippen MR) is 93.3 cm³/mol. The van der Waals surface area contributed by atoms with Crippen molar-refractivity contribution in [2.45, 2.75) is 32.6 Å². The zero-order valence-corrected chi connectivity index (χ0v) is 13.8. The molecule has 0 aliphatic carbocycles. The average Bonchev–Trinajstić information content (AvgIpc) is 2.49. The Morgan fingerprint density at radius 1 is 1.04 bits per heavy atom. The van der Waals surface area contributed by atoms with E-state index in [1.165, 1.54) is 11.6 Å². The van der Waals surface area contributed by atoms with E-state index in [2.05, 4.69) is 31.4 Å². The van der Waals surface area contributed by atoms with Gasteiger partial charge in [0.25, 0.3) is 0 Å². The number of nitrogens with one attached hydrogen (secondary N) is 2. The number of hydrogen-bond acceptors (Lipinski definition) is 2. The van der Waals surface area contributed by atoms with Gasteiger partial charge in [-0.3, -0.25) is 4.79 Å². The van der Waals surface area contributed by atoms with Crippen LogP contribution < -0.4 is 10.6 Å². The van der Waals surface area contributed by atoms with Crippen molar-refractivity contribution < 1.29 is 9.18 Å². The molecule has 23 heavy (non-hydrogen) atoms. The van der Waals surface area contributed by atoms with E-state index in [4.69, 9.17) is 0 Å².